The average Bonchev–Trinajstić information content (AvgIpc) is 2.37. The van der Waals surface area contributed by atoms with Crippen molar-refractivity contribution in [3.05, 3.63) is 28.7 Å². The quantitative estimate of drug-likeness (QED) is 0.782. The Morgan fingerprint density at radius 3 is 2.53 bits per heavy atom. The molecule has 1 aromatic carbocycles. The Balaban J connectivity index is 2.40. The Labute approximate surface area is 122 Å². The van der Waals surface area contributed by atoms with Crippen LogP contribution in [-0.2, 0) is 0 Å². The maximum Gasteiger partial charge on any atom is 0.119 e. The Hall–Kier alpha value is -1.09. The lowest BCUT2D eigenvalue weighted by atomic mass is 10.2. The number of rotatable bonds is 7. The van der Waals surface area contributed by atoms with Crippen molar-refractivity contribution in [3.8, 4) is 11.8 Å². The van der Waals surface area contributed by atoms with E-state index >= 15 is 0 Å². The molecule has 1 atom stereocenters. The third kappa shape index (κ3) is 6.06. The smallest absolute Gasteiger partial charge is 0.119 e. The number of hydrogen-bond acceptors (Lipinski definition) is 4. The number of aliphatic hydroxyl groups excluding tert-OH is 1. The minimum atomic E-state index is -0.612. The van der Waals surface area contributed by atoms with E-state index in [1.54, 1.807) is 0 Å². The number of aliphatic hydroxyl groups is 1. The standard InChI is InChI=1S/C14H19BrN2O2/c1-11(2)17(8-7-16)9-13(18)10-19-14-5-3-12(15)4-6-14/h3-6,11,13,18H,8-10H2,1-2H3. The monoisotopic (exact) mass is 326 g/mol. The van der Waals surface area contributed by atoms with Crippen molar-refractivity contribution in [3.63, 3.8) is 0 Å². The number of nitriles is 1. The van der Waals surface area contributed by atoms with Crippen molar-refractivity contribution in [2.45, 2.75) is 26.0 Å². The summed E-state index contributed by atoms with van der Waals surface area (Å²) in [6.45, 7) is 4.96. The molecular formula is C14H19BrN2O2. The predicted molar refractivity (Wildman–Crippen MR) is 78.0 cm³/mol. The van der Waals surface area contributed by atoms with Gasteiger partial charge >= 0.3 is 0 Å². The van der Waals surface area contributed by atoms with Crippen LogP contribution in [0.15, 0.2) is 28.7 Å². The van der Waals surface area contributed by atoms with Crippen LogP contribution in [-0.4, -0.2) is 41.8 Å². The van der Waals surface area contributed by atoms with Gasteiger partial charge in [-0.3, -0.25) is 4.90 Å². The Morgan fingerprint density at radius 2 is 2.00 bits per heavy atom. The van der Waals surface area contributed by atoms with E-state index in [-0.39, 0.29) is 12.6 Å². The van der Waals surface area contributed by atoms with Crippen LogP contribution in [0, 0.1) is 11.3 Å². The fourth-order valence-electron chi connectivity index (χ4n) is 1.60. The highest BCUT2D eigenvalue weighted by Crippen LogP contribution is 2.16. The van der Waals surface area contributed by atoms with Gasteiger partial charge < -0.3 is 9.84 Å². The highest BCUT2D eigenvalue weighted by Gasteiger charge is 2.14. The van der Waals surface area contributed by atoms with Crippen LogP contribution >= 0.6 is 15.9 Å². The van der Waals surface area contributed by atoms with Crippen LogP contribution in [0.5, 0.6) is 5.75 Å². The van der Waals surface area contributed by atoms with E-state index in [1.807, 2.05) is 43.0 Å². The summed E-state index contributed by atoms with van der Waals surface area (Å²) in [5, 5.41) is 18.6. The lowest BCUT2D eigenvalue weighted by Gasteiger charge is -2.26. The molecule has 0 spiro atoms. The normalized spacial score (nSPS) is 12.5. The summed E-state index contributed by atoms with van der Waals surface area (Å²) in [7, 11) is 0. The molecule has 0 amide bonds. The predicted octanol–water partition coefficient (Wildman–Crippen LogP) is 2.42. The van der Waals surface area contributed by atoms with Crippen LogP contribution in [0.25, 0.3) is 0 Å². The second-order valence-corrected chi connectivity index (χ2v) is 5.52. The molecule has 1 unspecified atom stereocenters. The van der Waals surface area contributed by atoms with Gasteiger partial charge in [-0.25, -0.2) is 0 Å². The zero-order chi connectivity index (χ0) is 14.3. The number of halogens is 1. The summed E-state index contributed by atoms with van der Waals surface area (Å²) < 4.78 is 6.49. The molecule has 0 bridgehead atoms. The fraction of sp³-hybridized carbons (Fsp3) is 0.500. The molecule has 0 aromatic heterocycles. The maximum absolute atomic E-state index is 9.93. The van der Waals surface area contributed by atoms with E-state index in [9.17, 15) is 5.11 Å². The Kier molecular flexibility index (Phi) is 6.85. The molecule has 1 aromatic rings. The molecular weight excluding hydrogens is 308 g/mol. The van der Waals surface area contributed by atoms with Crippen molar-refractivity contribution in [2.24, 2.45) is 0 Å². The first-order chi connectivity index (χ1) is 9.02. The minimum Gasteiger partial charge on any atom is -0.491 e. The number of ether oxygens (including phenoxy) is 1. The van der Waals surface area contributed by atoms with Gasteiger partial charge in [0.2, 0.25) is 0 Å². The van der Waals surface area contributed by atoms with Gasteiger partial charge in [0.15, 0.2) is 0 Å². The largest absolute Gasteiger partial charge is 0.491 e. The van der Waals surface area contributed by atoms with Crippen LogP contribution < -0.4 is 4.74 Å². The van der Waals surface area contributed by atoms with Crippen molar-refractivity contribution < 1.29 is 9.84 Å². The van der Waals surface area contributed by atoms with Gasteiger partial charge in [0, 0.05) is 17.1 Å². The first-order valence-electron chi connectivity index (χ1n) is 6.20. The van der Waals surface area contributed by atoms with Gasteiger partial charge in [-0.1, -0.05) is 15.9 Å². The Morgan fingerprint density at radius 1 is 1.37 bits per heavy atom. The van der Waals surface area contributed by atoms with Crippen LogP contribution in [0.2, 0.25) is 0 Å². The zero-order valence-corrected chi connectivity index (χ0v) is 12.8. The summed E-state index contributed by atoms with van der Waals surface area (Å²) in [6, 6.07) is 9.78. The molecule has 1 rings (SSSR count). The van der Waals surface area contributed by atoms with Crippen molar-refractivity contribution in [2.75, 3.05) is 19.7 Å². The number of nitrogens with zero attached hydrogens (tertiary/aromatic N) is 2. The topological polar surface area (TPSA) is 56.5 Å². The molecule has 0 aliphatic heterocycles. The number of hydrogen-bond donors (Lipinski definition) is 1. The molecule has 0 radical (unpaired) electrons. The van der Waals surface area contributed by atoms with Gasteiger partial charge in [-0.2, -0.15) is 5.26 Å². The van der Waals surface area contributed by atoms with E-state index in [0.29, 0.717) is 13.1 Å². The van der Waals surface area contributed by atoms with Crippen molar-refractivity contribution in [1.29, 1.82) is 5.26 Å². The summed E-state index contributed by atoms with van der Waals surface area (Å²) in [5.74, 6) is 0.721. The van der Waals surface area contributed by atoms with Crippen LogP contribution in [0.3, 0.4) is 0 Å². The second-order valence-electron chi connectivity index (χ2n) is 4.60. The molecule has 1 N–H and O–H groups in total. The summed E-state index contributed by atoms with van der Waals surface area (Å²) in [4.78, 5) is 1.91. The number of benzene rings is 1. The summed E-state index contributed by atoms with van der Waals surface area (Å²) >= 11 is 3.35. The van der Waals surface area contributed by atoms with Crippen molar-refractivity contribution >= 4 is 15.9 Å². The molecule has 0 aliphatic carbocycles. The van der Waals surface area contributed by atoms with E-state index in [0.717, 1.165) is 10.2 Å². The van der Waals surface area contributed by atoms with E-state index in [2.05, 4.69) is 22.0 Å². The van der Waals surface area contributed by atoms with Gasteiger partial charge in [0.25, 0.3) is 0 Å². The van der Waals surface area contributed by atoms with Crippen LogP contribution in [0.4, 0.5) is 0 Å². The second kappa shape index (κ2) is 8.16. The van der Waals surface area contributed by atoms with Gasteiger partial charge in [0.05, 0.1) is 12.6 Å². The summed E-state index contributed by atoms with van der Waals surface area (Å²) in [6.07, 6.45) is -0.612. The first kappa shape index (κ1) is 16.0. The molecule has 0 saturated carbocycles. The molecule has 19 heavy (non-hydrogen) atoms. The Bertz CT molecular complexity index is 414. The average molecular weight is 327 g/mol. The van der Waals surface area contributed by atoms with Crippen LogP contribution in [0.1, 0.15) is 13.8 Å². The first-order valence-corrected chi connectivity index (χ1v) is 6.99. The summed E-state index contributed by atoms with van der Waals surface area (Å²) in [5.41, 5.74) is 0. The molecule has 0 saturated heterocycles. The molecule has 4 nitrogen and oxygen atoms in total. The van der Waals surface area contributed by atoms with Gasteiger partial charge in [0.1, 0.15) is 18.5 Å². The van der Waals surface area contributed by atoms with Crippen molar-refractivity contribution in [1.82, 2.24) is 4.90 Å². The minimum absolute atomic E-state index is 0.219. The zero-order valence-electron chi connectivity index (χ0n) is 11.2. The molecule has 0 heterocycles. The van der Waals surface area contributed by atoms with Gasteiger partial charge in [-0.15, -0.1) is 0 Å². The van der Waals surface area contributed by atoms with E-state index in [1.165, 1.54) is 0 Å². The van der Waals surface area contributed by atoms with E-state index < -0.39 is 6.10 Å². The molecule has 0 fully saturated rings. The highest BCUT2D eigenvalue weighted by atomic mass is 79.9. The highest BCUT2D eigenvalue weighted by molar-refractivity contribution is 9.10. The molecule has 104 valence electrons. The third-order valence-electron chi connectivity index (χ3n) is 2.71. The molecule has 5 heteroatoms. The lowest BCUT2D eigenvalue weighted by molar-refractivity contribution is 0.0628. The molecule has 0 aliphatic rings. The third-order valence-corrected chi connectivity index (χ3v) is 3.23. The van der Waals surface area contributed by atoms with E-state index in [4.69, 9.17) is 10.00 Å². The maximum atomic E-state index is 9.93. The van der Waals surface area contributed by atoms with Gasteiger partial charge in [-0.05, 0) is 38.1 Å². The SMILES string of the molecule is CC(C)N(CC#N)CC(O)COc1ccc(Br)cc1. The lowest BCUT2D eigenvalue weighted by Crippen LogP contribution is -2.40. The fourth-order valence-corrected chi connectivity index (χ4v) is 1.86.